The molecule has 0 aliphatic rings. The molecule has 0 aliphatic carbocycles. The summed E-state index contributed by atoms with van der Waals surface area (Å²) < 4.78 is 49.2. The first kappa shape index (κ1) is 14.3. The Bertz CT molecular complexity index is 370. The van der Waals surface area contributed by atoms with Crippen molar-refractivity contribution in [3.05, 3.63) is 34.9 Å². The summed E-state index contributed by atoms with van der Waals surface area (Å²) in [6, 6.07) is 6.12. The van der Waals surface area contributed by atoms with Crippen molar-refractivity contribution < 1.29 is 17.6 Å². The van der Waals surface area contributed by atoms with Gasteiger partial charge in [-0.3, -0.25) is 0 Å². The number of benzene rings is 1. The van der Waals surface area contributed by atoms with E-state index in [9.17, 15) is 17.6 Å². The first-order valence-electron chi connectivity index (χ1n) is 4.98. The molecule has 1 nitrogen and oxygen atoms in total. The average molecular weight is 270 g/mol. The van der Waals surface area contributed by atoms with Gasteiger partial charge >= 0.3 is 12.3 Å². The Hall–Kier alpha value is -0.810. The highest BCUT2D eigenvalue weighted by atomic mass is 35.5. The minimum Gasteiger partial charge on any atom is -0.304 e. The van der Waals surface area contributed by atoms with Crippen molar-refractivity contribution in [2.24, 2.45) is 0 Å². The summed E-state index contributed by atoms with van der Waals surface area (Å²) >= 11 is 5.73. The number of alkyl halides is 4. The summed E-state index contributed by atoms with van der Waals surface area (Å²) in [5, 5.41) is 2.83. The lowest BCUT2D eigenvalue weighted by Gasteiger charge is -2.20. The smallest absolute Gasteiger partial charge is 0.304 e. The van der Waals surface area contributed by atoms with E-state index in [0.717, 1.165) is 0 Å². The van der Waals surface area contributed by atoms with Crippen LogP contribution in [0.4, 0.5) is 17.6 Å². The summed E-state index contributed by atoms with van der Waals surface area (Å²) in [5.74, 6) is -4.02. The van der Waals surface area contributed by atoms with E-state index < -0.39 is 24.9 Å². The van der Waals surface area contributed by atoms with E-state index in [0.29, 0.717) is 10.6 Å². The van der Waals surface area contributed by atoms with Gasteiger partial charge in [-0.1, -0.05) is 23.7 Å². The van der Waals surface area contributed by atoms with Crippen LogP contribution in [0.3, 0.4) is 0 Å². The second-order valence-corrected chi connectivity index (χ2v) is 4.16. The van der Waals surface area contributed by atoms with Gasteiger partial charge in [-0.25, -0.2) is 8.78 Å². The van der Waals surface area contributed by atoms with E-state index in [4.69, 9.17) is 11.6 Å². The number of hydrogen-bond acceptors (Lipinski definition) is 1. The molecule has 0 aromatic heterocycles. The van der Waals surface area contributed by atoms with E-state index >= 15 is 0 Å². The van der Waals surface area contributed by atoms with Gasteiger partial charge in [0, 0.05) is 11.1 Å². The molecule has 0 spiro atoms. The van der Waals surface area contributed by atoms with Crippen LogP contribution in [0.2, 0.25) is 5.02 Å². The Morgan fingerprint density at radius 1 is 1.35 bits per heavy atom. The molecule has 96 valence electrons. The van der Waals surface area contributed by atoms with Crippen molar-refractivity contribution in [3.63, 3.8) is 0 Å². The molecule has 1 atom stereocenters. The van der Waals surface area contributed by atoms with E-state index in [1.165, 1.54) is 0 Å². The molecule has 17 heavy (non-hydrogen) atoms. The van der Waals surface area contributed by atoms with Crippen LogP contribution in [0.25, 0.3) is 0 Å². The monoisotopic (exact) mass is 269 g/mol. The van der Waals surface area contributed by atoms with Crippen molar-refractivity contribution in [2.45, 2.75) is 25.3 Å². The summed E-state index contributed by atoms with van der Waals surface area (Å²) in [4.78, 5) is 0. The Labute approximate surface area is 102 Å². The van der Waals surface area contributed by atoms with E-state index in [1.54, 1.807) is 31.2 Å². The van der Waals surface area contributed by atoms with Gasteiger partial charge in [0.15, 0.2) is 0 Å². The quantitative estimate of drug-likeness (QED) is 0.800. The lowest BCUT2D eigenvalue weighted by atomic mass is 10.1. The standard InChI is InChI=1S/C11H12ClF4N/c1-7(8-3-2-4-9(12)5-8)17-6-11(15,16)10(13)14/h2-5,7,10,17H,6H2,1H3/t7-/m0/s1. The Kier molecular flexibility index (Phi) is 4.77. The van der Waals surface area contributed by atoms with Gasteiger partial charge in [-0.15, -0.1) is 0 Å². The fourth-order valence-electron chi connectivity index (χ4n) is 1.26. The Balaban J connectivity index is 2.59. The van der Waals surface area contributed by atoms with Gasteiger partial charge < -0.3 is 5.32 Å². The Morgan fingerprint density at radius 3 is 2.53 bits per heavy atom. The minimum atomic E-state index is -4.02. The van der Waals surface area contributed by atoms with Crippen LogP contribution in [-0.4, -0.2) is 18.9 Å². The SMILES string of the molecule is C[C@H](NCC(F)(F)C(F)F)c1cccc(Cl)c1. The molecule has 1 aromatic carbocycles. The third-order valence-corrected chi connectivity index (χ3v) is 2.55. The highest BCUT2D eigenvalue weighted by molar-refractivity contribution is 6.30. The molecule has 0 amide bonds. The molecule has 0 saturated heterocycles. The first-order valence-corrected chi connectivity index (χ1v) is 5.35. The second kappa shape index (κ2) is 5.69. The maximum atomic E-state index is 12.7. The zero-order valence-electron chi connectivity index (χ0n) is 9.06. The van der Waals surface area contributed by atoms with Crippen molar-refractivity contribution in [2.75, 3.05) is 6.54 Å². The summed E-state index contributed by atoms with van der Waals surface area (Å²) in [7, 11) is 0. The van der Waals surface area contributed by atoms with Gasteiger partial charge in [0.1, 0.15) is 0 Å². The molecule has 0 radical (unpaired) electrons. The molecule has 0 fully saturated rings. The highest BCUT2D eigenvalue weighted by Crippen LogP contribution is 2.23. The minimum absolute atomic E-state index is 0.469. The lowest BCUT2D eigenvalue weighted by molar-refractivity contribution is -0.126. The normalized spacial score (nSPS) is 14.1. The van der Waals surface area contributed by atoms with Crippen molar-refractivity contribution in [3.8, 4) is 0 Å². The molecule has 0 unspecified atom stereocenters. The first-order chi connectivity index (χ1) is 7.83. The molecule has 1 N–H and O–H groups in total. The molecule has 1 aromatic rings. The van der Waals surface area contributed by atoms with Crippen molar-refractivity contribution >= 4 is 11.6 Å². The maximum Gasteiger partial charge on any atom is 0.319 e. The van der Waals surface area contributed by atoms with Gasteiger partial charge in [0.2, 0.25) is 0 Å². The average Bonchev–Trinajstić information content (AvgIpc) is 2.25. The number of hydrogen-bond donors (Lipinski definition) is 1. The van der Waals surface area contributed by atoms with Gasteiger partial charge in [-0.2, -0.15) is 8.78 Å². The molecule has 0 saturated carbocycles. The lowest BCUT2D eigenvalue weighted by Crippen LogP contribution is -2.39. The summed E-state index contributed by atoms with van der Waals surface area (Å²) in [6.45, 7) is 0.533. The summed E-state index contributed by atoms with van der Waals surface area (Å²) in [6.07, 6.45) is -3.67. The second-order valence-electron chi connectivity index (χ2n) is 3.72. The number of nitrogens with one attached hydrogen (secondary N) is 1. The van der Waals surface area contributed by atoms with Gasteiger partial charge in [0.05, 0.1) is 6.54 Å². The molecule has 0 aliphatic heterocycles. The van der Waals surface area contributed by atoms with E-state index in [2.05, 4.69) is 5.32 Å². The van der Waals surface area contributed by atoms with E-state index in [1.807, 2.05) is 0 Å². The van der Waals surface area contributed by atoms with Crippen LogP contribution >= 0.6 is 11.6 Å². The third kappa shape index (κ3) is 4.16. The van der Waals surface area contributed by atoms with Gasteiger partial charge in [-0.05, 0) is 24.6 Å². The fraction of sp³-hybridized carbons (Fsp3) is 0.455. The van der Waals surface area contributed by atoms with Crippen molar-refractivity contribution in [1.29, 1.82) is 0 Å². The van der Waals surface area contributed by atoms with Gasteiger partial charge in [0.25, 0.3) is 0 Å². The predicted molar refractivity (Wildman–Crippen MR) is 58.8 cm³/mol. The zero-order chi connectivity index (χ0) is 13.1. The highest BCUT2D eigenvalue weighted by Gasteiger charge is 2.40. The Morgan fingerprint density at radius 2 is 2.00 bits per heavy atom. The molecular formula is C11H12ClF4N. The third-order valence-electron chi connectivity index (χ3n) is 2.31. The molecule has 0 heterocycles. The van der Waals surface area contributed by atoms with Crippen LogP contribution in [0.1, 0.15) is 18.5 Å². The van der Waals surface area contributed by atoms with Crippen LogP contribution < -0.4 is 5.32 Å². The molecule has 1 rings (SSSR count). The van der Waals surface area contributed by atoms with Crippen LogP contribution in [-0.2, 0) is 0 Å². The molecular weight excluding hydrogens is 258 g/mol. The van der Waals surface area contributed by atoms with Crippen LogP contribution in [0.15, 0.2) is 24.3 Å². The van der Waals surface area contributed by atoms with Crippen LogP contribution in [0.5, 0.6) is 0 Å². The summed E-state index contributed by atoms with van der Waals surface area (Å²) in [5.41, 5.74) is 0.669. The zero-order valence-corrected chi connectivity index (χ0v) is 9.82. The number of halogens is 5. The topological polar surface area (TPSA) is 12.0 Å². The fourth-order valence-corrected chi connectivity index (χ4v) is 1.46. The molecule has 6 heteroatoms. The maximum absolute atomic E-state index is 12.7. The molecule has 0 bridgehead atoms. The largest absolute Gasteiger partial charge is 0.319 e. The number of rotatable bonds is 5. The van der Waals surface area contributed by atoms with Crippen LogP contribution in [0, 0.1) is 0 Å². The predicted octanol–water partition coefficient (Wildman–Crippen LogP) is 3.89. The van der Waals surface area contributed by atoms with E-state index in [-0.39, 0.29) is 0 Å². The van der Waals surface area contributed by atoms with Crippen molar-refractivity contribution in [1.82, 2.24) is 5.32 Å².